The maximum atomic E-state index is 14.7. The molecule has 1 atom stereocenters. The van der Waals surface area contributed by atoms with Crippen LogP contribution < -0.4 is 4.74 Å². The van der Waals surface area contributed by atoms with Crippen LogP contribution in [-0.2, 0) is 16.2 Å². The molecule has 286 valence electrons. The Bertz CT molecular complexity index is 2390. The van der Waals surface area contributed by atoms with Gasteiger partial charge in [0.15, 0.2) is 5.78 Å². The summed E-state index contributed by atoms with van der Waals surface area (Å²) >= 11 is 0. The number of para-hydroxylation sites is 1. The second-order valence-electron chi connectivity index (χ2n) is 16.4. The SMILES string of the molecule is CCCCC(CC)Cn1c2ccc(/C(=N\OC(C)=O)c3ccccc3OCCC(C)(C)C)cc2c2cc(C(=O)c3c(C)cc(C)cc3C)c3ccccc3c21. The second-order valence-corrected chi connectivity index (χ2v) is 16.4. The molecule has 0 spiro atoms. The van der Waals surface area contributed by atoms with Gasteiger partial charge in [0.25, 0.3) is 0 Å². The summed E-state index contributed by atoms with van der Waals surface area (Å²) in [5, 5.41) is 8.48. The molecule has 5 aromatic carbocycles. The third kappa shape index (κ3) is 8.54. The first-order valence-corrected chi connectivity index (χ1v) is 19.9. The molecule has 0 saturated heterocycles. The van der Waals surface area contributed by atoms with Crippen molar-refractivity contribution in [2.45, 2.75) is 101 Å². The molecule has 1 unspecified atom stereocenters. The number of fused-ring (bicyclic) bond motifs is 5. The highest BCUT2D eigenvalue weighted by molar-refractivity contribution is 6.27. The van der Waals surface area contributed by atoms with E-state index in [4.69, 9.17) is 9.57 Å². The number of oxime groups is 1. The highest BCUT2D eigenvalue weighted by Gasteiger charge is 2.25. The van der Waals surface area contributed by atoms with Crippen molar-refractivity contribution < 1.29 is 19.2 Å². The molecular formula is C49H56N2O4. The van der Waals surface area contributed by atoms with E-state index >= 15 is 0 Å². The van der Waals surface area contributed by atoms with Crippen molar-refractivity contribution in [3.63, 3.8) is 0 Å². The Morgan fingerprint density at radius 2 is 1.49 bits per heavy atom. The standard InChI is InChI=1S/C49H56N2O4/c1-10-12-17-35(11-2)30-51-43-23-22-36(46(50-55-34(6)52)39-20-15-16-21-44(39)54-25-24-49(7,8)9)28-40(43)41-29-42(37-18-13-14-19-38(37)47(41)51)48(53)45-32(4)26-31(3)27-33(45)5/h13-16,18-23,26-29,35H,10-12,17,24-25,30H2,1-9H3/b50-46+. The van der Waals surface area contributed by atoms with Gasteiger partial charge >= 0.3 is 5.97 Å². The zero-order valence-electron chi connectivity index (χ0n) is 34.1. The Kier molecular flexibility index (Phi) is 11.9. The third-order valence-electron chi connectivity index (χ3n) is 10.8. The Hall–Kier alpha value is -5.23. The molecule has 55 heavy (non-hydrogen) atoms. The van der Waals surface area contributed by atoms with E-state index in [2.05, 4.69) is 106 Å². The largest absolute Gasteiger partial charge is 0.493 e. The molecule has 6 nitrogen and oxygen atoms in total. The van der Waals surface area contributed by atoms with E-state index in [1.165, 1.54) is 13.3 Å². The molecular weight excluding hydrogens is 681 g/mol. The quantitative estimate of drug-likeness (QED) is 0.0483. The number of aryl methyl sites for hydroxylation is 3. The smallest absolute Gasteiger partial charge is 0.332 e. The van der Waals surface area contributed by atoms with E-state index in [0.717, 1.165) is 98.2 Å². The zero-order chi connectivity index (χ0) is 39.4. The number of benzene rings is 5. The molecule has 0 aliphatic heterocycles. The van der Waals surface area contributed by atoms with Gasteiger partial charge in [0.2, 0.25) is 0 Å². The summed E-state index contributed by atoms with van der Waals surface area (Å²) in [5.74, 6) is 0.687. The van der Waals surface area contributed by atoms with Crippen LogP contribution in [0.4, 0.5) is 0 Å². The predicted octanol–water partition coefficient (Wildman–Crippen LogP) is 12.5. The van der Waals surface area contributed by atoms with Crippen LogP contribution in [-0.4, -0.2) is 28.6 Å². The molecule has 0 bridgehead atoms. The fourth-order valence-corrected chi connectivity index (χ4v) is 7.96. The topological polar surface area (TPSA) is 69.9 Å². The lowest BCUT2D eigenvalue weighted by Crippen LogP contribution is -2.13. The van der Waals surface area contributed by atoms with E-state index < -0.39 is 5.97 Å². The van der Waals surface area contributed by atoms with Gasteiger partial charge in [-0.25, -0.2) is 4.79 Å². The van der Waals surface area contributed by atoms with Crippen molar-refractivity contribution in [2.75, 3.05) is 6.61 Å². The molecule has 0 amide bonds. The number of hydrogen-bond donors (Lipinski definition) is 0. The first kappa shape index (κ1) is 39.5. The molecule has 0 saturated carbocycles. The maximum Gasteiger partial charge on any atom is 0.332 e. The highest BCUT2D eigenvalue weighted by Crippen LogP contribution is 2.39. The van der Waals surface area contributed by atoms with Crippen LogP contribution in [0.3, 0.4) is 0 Å². The van der Waals surface area contributed by atoms with E-state index in [-0.39, 0.29) is 11.2 Å². The lowest BCUT2D eigenvalue weighted by Gasteiger charge is -2.19. The van der Waals surface area contributed by atoms with Gasteiger partial charge in [0.1, 0.15) is 11.5 Å². The van der Waals surface area contributed by atoms with Crippen molar-refractivity contribution in [3.05, 3.63) is 124 Å². The summed E-state index contributed by atoms with van der Waals surface area (Å²) in [6.45, 7) is 20.0. The zero-order valence-corrected chi connectivity index (χ0v) is 34.1. The summed E-state index contributed by atoms with van der Waals surface area (Å²) in [5.41, 5.74) is 8.88. The monoisotopic (exact) mass is 736 g/mol. The lowest BCUT2D eigenvalue weighted by molar-refractivity contribution is -0.140. The fourth-order valence-electron chi connectivity index (χ4n) is 7.96. The van der Waals surface area contributed by atoms with Gasteiger partial charge in [-0.2, -0.15) is 0 Å². The van der Waals surface area contributed by atoms with Crippen molar-refractivity contribution in [1.82, 2.24) is 4.57 Å². The summed E-state index contributed by atoms with van der Waals surface area (Å²) in [4.78, 5) is 32.3. The molecule has 6 heteroatoms. The number of aromatic nitrogens is 1. The number of rotatable bonds is 14. The van der Waals surface area contributed by atoms with E-state index in [9.17, 15) is 9.59 Å². The molecule has 0 N–H and O–H groups in total. The summed E-state index contributed by atoms with van der Waals surface area (Å²) in [6, 6.07) is 28.8. The average molecular weight is 737 g/mol. The number of unbranched alkanes of at least 4 members (excludes halogenated alkanes) is 1. The Balaban J connectivity index is 1.63. The lowest BCUT2D eigenvalue weighted by atomic mass is 9.89. The van der Waals surface area contributed by atoms with Crippen LogP contribution in [0.5, 0.6) is 5.75 Å². The molecule has 6 rings (SSSR count). The summed E-state index contributed by atoms with van der Waals surface area (Å²) < 4.78 is 8.84. The molecule has 0 radical (unpaired) electrons. The van der Waals surface area contributed by atoms with Crippen LogP contribution in [0.2, 0.25) is 0 Å². The first-order chi connectivity index (χ1) is 26.3. The fraction of sp³-hybridized carbons (Fsp3) is 0.367. The van der Waals surface area contributed by atoms with Gasteiger partial charge in [-0.05, 0) is 91.8 Å². The maximum absolute atomic E-state index is 14.7. The number of carbonyl (C=O) groups excluding carboxylic acids is 2. The van der Waals surface area contributed by atoms with Crippen molar-refractivity contribution in [1.29, 1.82) is 0 Å². The number of hydrogen-bond acceptors (Lipinski definition) is 5. The number of carbonyl (C=O) groups is 2. The van der Waals surface area contributed by atoms with Crippen LogP contribution in [0, 0.1) is 32.1 Å². The van der Waals surface area contributed by atoms with Crippen molar-refractivity contribution in [3.8, 4) is 5.75 Å². The number of ether oxygens (including phenoxy) is 1. The van der Waals surface area contributed by atoms with Crippen molar-refractivity contribution in [2.24, 2.45) is 16.5 Å². The van der Waals surface area contributed by atoms with Crippen LogP contribution in [0.15, 0.2) is 90.1 Å². The Morgan fingerprint density at radius 3 is 2.16 bits per heavy atom. The van der Waals surface area contributed by atoms with Gasteiger partial charge < -0.3 is 14.1 Å². The predicted molar refractivity (Wildman–Crippen MR) is 228 cm³/mol. The second kappa shape index (κ2) is 16.6. The number of ketones is 1. The summed E-state index contributed by atoms with van der Waals surface area (Å²) in [7, 11) is 0. The van der Waals surface area contributed by atoms with Gasteiger partial charge in [0.05, 0.1) is 12.1 Å². The normalized spacial score (nSPS) is 12.8. The van der Waals surface area contributed by atoms with E-state index in [0.29, 0.717) is 29.5 Å². The summed E-state index contributed by atoms with van der Waals surface area (Å²) in [6.07, 6.45) is 5.44. The highest BCUT2D eigenvalue weighted by atomic mass is 16.7. The minimum Gasteiger partial charge on any atom is -0.493 e. The molecule has 0 aliphatic rings. The Labute approximate surface area is 326 Å². The van der Waals surface area contributed by atoms with Crippen LogP contribution >= 0.6 is 0 Å². The minimum atomic E-state index is -0.504. The molecule has 0 aliphatic carbocycles. The minimum absolute atomic E-state index is 0.0259. The van der Waals surface area contributed by atoms with Crippen LogP contribution in [0.1, 0.15) is 117 Å². The van der Waals surface area contributed by atoms with E-state index in [1.807, 2.05) is 44.2 Å². The molecule has 1 heterocycles. The first-order valence-electron chi connectivity index (χ1n) is 19.9. The van der Waals surface area contributed by atoms with Crippen LogP contribution in [0.25, 0.3) is 32.6 Å². The van der Waals surface area contributed by atoms with Gasteiger partial charge in [-0.3, -0.25) is 4.79 Å². The van der Waals surface area contributed by atoms with Crippen molar-refractivity contribution >= 4 is 50.0 Å². The molecule has 1 aromatic heterocycles. The van der Waals surface area contributed by atoms with Gasteiger partial charge in [0, 0.05) is 57.4 Å². The molecule has 6 aromatic rings. The Morgan fingerprint density at radius 1 is 0.800 bits per heavy atom. The van der Waals surface area contributed by atoms with Gasteiger partial charge in [-0.1, -0.05) is 119 Å². The third-order valence-corrected chi connectivity index (χ3v) is 10.8. The van der Waals surface area contributed by atoms with E-state index in [1.54, 1.807) is 0 Å². The molecule has 0 fully saturated rings. The average Bonchev–Trinajstić information content (AvgIpc) is 3.44. The van der Waals surface area contributed by atoms with Gasteiger partial charge in [-0.15, -0.1) is 0 Å². The number of nitrogens with zero attached hydrogens (tertiary/aromatic N) is 2.